The van der Waals surface area contributed by atoms with Gasteiger partial charge in [0.05, 0.1) is 18.1 Å². The van der Waals surface area contributed by atoms with Crippen molar-refractivity contribution in [2.24, 2.45) is 0 Å². The summed E-state index contributed by atoms with van der Waals surface area (Å²) in [6.07, 6.45) is 1.73. The summed E-state index contributed by atoms with van der Waals surface area (Å²) in [5.74, 6) is 0.660. The molecular formula is C16H12BrNO2. The number of methoxy groups -OCH3 is 1. The van der Waals surface area contributed by atoms with Crippen molar-refractivity contribution in [1.82, 2.24) is 4.98 Å². The van der Waals surface area contributed by atoms with Gasteiger partial charge in [-0.1, -0.05) is 34.1 Å². The summed E-state index contributed by atoms with van der Waals surface area (Å²) in [6.45, 7) is 0. The lowest BCUT2D eigenvalue weighted by Gasteiger charge is -2.05. The van der Waals surface area contributed by atoms with E-state index in [1.807, 2.05) is 36.4 Å². The number of H-pyrrole nitrogens is 1. The maximum Gasteiger partial charge on any atom is 0.196 e. The van der Waals surface area contributed by atoms with Gasteiger partial charge in [0.2, 0.25) is 0 Å². The molecule has 0 atom stereocenters. The fourth-order valence-electron chi connectivity index (χ4n) is 2.29. The van der Waals surface area contributed by atoms with Gasteiger partial charge in [-0.3, -0.25) is 4.79 Å². The molecule has 0 unspecified atom stereocenters. The topological polar surface area (TPSA) is 42.1 Å². The largest absolute Gasteiger partial charge is 0.496 e. The summed E-state index contributed by atoms with van der Waals surface area (Å²) < 4.78 is 6.15. The number of hydrogen-bond donors (Lipinski definition) is 1. The van der Waals surface area contributed by atoms with Crippen molar-refractivity contribution >= 4 is 32.6 Å². The maximum atomic E-state index is 12.7. The molecule has 3 aromatic rings. The third-order valence-electron chi connectivity index (χ3n) is 3.25. The average Bonchev–Trinajstić information content (AvgIpc) is 2.91. The Morgan fingerprint density at radius 3 is 2.65 bits per heavy atom. The normalized spacial score (nSPS) is 10.7. The number of ether oxygens (including phenoxy) is 1. The highest BCUT2D eigenvalue weighted by Crippen LogP contribution is 2.31. The van der Waals surface area contributed by atoms with E-state index in [0.29, 0.717) is 16.9 Å². The number of ketones is 1. The molecular weight excluding hydrogens is 318 g/mol. The Bertz CT molecular complexity index is 792. The number of fused-ring (bicyclic) bond motifs is 1. The third-order valence-corrected chi connectivity index (χ3v) is 3.94. The zero-order chi connectivity index (χ0) is 14.1. The molecule has 1 aromatic heterocycles. The molecule has 0 aliphatic heterocycles. The molecule has 0 aliphatic rings. The van der Waals surface area contributed by atoms with Crippen LogP contribution in [0.1, 0.15) is 15.9 Å². The number of nitrogens with one attached hydrogen (secondary N) is 1. The molecule has 3 rings (SSSR count). The third kappa shape index (κ3) is 2.02. The first kappa shape index (κ1) is 12.9. The summed E-state index contributed by atoms with van der Waals surface area (Å²) in [6, 6.07) is 13.1. The molecule has 0 saturated carbocycles. The Morgan fingerprint density at radius 1 is 1.10 bits per heavy atom. The molecule has 100 valence electrons. The van der Waals surface area contributed by atoms with Crippen LogP contribution < -0.4 is 4.74 Å². The van der Waals surface area contributed by atoms with Crippen LogP contribution in [0.25, 0.3) is 10.9 Å². The quantitative estimate of drug-likeness (QED) is 0.733. The highest BCUT2D eigenvalue weighted by Gasteiger charge is 2.18. The minimum Gasteiger partial charge on any atom is -0.496 e. The molecule has 3 nitrogen and oxygen atoms in total. The molecule has 0 amide bonds. The SMILES string of the molecule is COc1cccc2[nH]cc(C(=O)c3ccccc3Br)c12. The monoisotopic (exact) mass is 329 g/mol. The van der Waals surface area contributed by atoms with Crippen LogP contribution in [-0.4, -0.2) is 17.9 Å². The molecule has 0 spiro atoms. The van der Waals surface area contributed by atoms with Gasteiger partial charge in [-0.15, -0.1) is 0 Å². The minimum atomic E-state index is -0.0341. The highest BCUT2D eigenvalue weighted by molar-refractivity contribution is 9.10. The number of carbonyl (C=O) groups is 1. The number of benzene rings is 2. The molecule has 0 bridgehead atoms. The van der Waals surface area contributed by atoms with Gasteiger partial charge in [-0.2, -0.15) is 0 Å². The second-order valence-corrected chi connectivity index (χ2v) is 5.25. The molecule has 1 N–H and O–H groups in total. The van der Waals surface area contributed by atoms with Crippen molar-refractivity contribution < 1.29 is 9.53 Å². The fourth-order valence-corrected chi connectivity index (χ4v) is 2.76. The summed E-state index contributed by atoms with van der Waals surface area (Å²) >= 11 is 3.42. The van der Waals surface area contributed by atoms with Crippen molar-refractivity contribution in [2.75, 3.05) is 7.11 Å². The van der Waals surface area contributed by atoms with E-state index in [0.717, 1.165) is 15.4 Å². The van der Waals surface area contributed by atoms with Gasteiger partial charge >= 0.3 is 0 Å². The van der Waals surface area contributed by atoms with E-state index >= 15 is 0 Å². The van der Waals surface area contributed by atoms with Crippen LogP contribution in [0.5, 0.6) is 5.75 Å². The molecule has 20 heavy (non-hydrogen) atoms. The predicted molar refractivity (Wildman–Crippen MR) is 82.4 cm³/mol. The van der Waals surface area contributed by atoms with Gasteiger partial charge in [-0.25, -0.2) is 0 Å². The summed E-state index contributed by atoms with van der Waals surface area (Å²) in [5, 5.41) is 0.816. The first-order valence-electron chi connectivity index (χ1n) is 6.15. The van der Waals surface area contributed by atoms with E-state index in [2.05, 4.69) is 20.9 Å². The van der Waals surface area contributed by atoms with Crippen LogP contribution in [0.15, 0.2) is 53.1 Å². The zero-order valence-corrected chi connectivity index (χ0v) is 12.4. The fraction of sp³-hybridized carbons (Fsp3) is 0.0625. The second-order valence-electron chi connectivity index (χ2n) is 4.39. The Balaban J connectivity index is 2.20. The van der Waals surface area contributed by atoms with Crippen LogP contribution in [0.3, 0.4) is 0 Å². The standard InChI is InChI=1S/C16H12BrNO2/c1-20-14-8-4-7-13-15(14)11(9-18-13)16(19)10-5-2-3-6-12(10)17/h2-9,18H,1H3. The number of aromatic nitrogens is 1. The molecule has 0 aliphatic carbocycles. The molecule has 4 heteroatoms. The van der Waals surface area contributed by atoms with Crippen LogP contribution in [0, 0.1) is 0 Å². The lowest BCUT2D eigenvalue weighted by Crippen LogP contribution is -2.01. The van der Waals surface area contributed by atoms with Gasteiger partial charge in [0, 0.05) is 21.7 Å². The van der Waals surface area contributed by atoms with Crippen LogP contribution in [0.2, 0.25) is 0 Å². The Labute approximate surface area is 124 Å². The van der Waals surface area contributed by atoms with E-state index in [1.54, 1.807) is 19.4 Å². The number of aromatic amines is 1. The summed E-state index contributed by atoms with van der Waals surface area (Å²) in [7, 11) is 1.61. The maximum absolute atomic E-state index is 12.7. The van der Waals surface area contributed by atoms with Gasteiger partial charge in [-0.05, 0) is 24.3 Å². The first-order chi connectivity index (χ1) is 9.72. The number of halogens is 1. The number of carbonyl (C=O) groups excluding carboxylic acids is 1. The van der Waals surface area contributed by atoms with Crippen LogP contribution in [0.4, 0.5) is 0 Å². The Kier molecular flexibility index (Phi) is 3.32. The molecule has 1 heterocycles. The minimum absolute atomic E-state index is 0.0341. The summed E-state index contributed by atoms with van der Waals surface area (Å²) in [5.41, 5.74) is 2.14. The van der Waals surface area contributed by atoms with Gasteiger partial charge in [0.25, 0.3) is 0 Å². The van der Waals surface area contributed by atoms with E-state index in [4.69, 9.17) is 4.74 Å². The van der Waals surface area contributed by atoms with Crippen molar-refractivity contribution in [3.8, 4) is 5.75 Å². The second kappa shape index (κ2) is 5.13. The van der Waals surface area contributed by atoms with Crippen LogP contribution >= 0.6 is 15.9 Å². The Morgan fingerprint density at radius 2 is 1.90 bits per heavy atom. The number of hydrogen-bond acceptors (Lipinski definition) is 2. The van der Waals surface area contributed by atoms with E-state index in [9.17, 15) is 4.79 Å². The van der Waals surface area contributed by atoms with E-state index in [-0.39, 0.29) is 5.78 Å². The molecule has 0 fully saturated rings. The van der Waals surface area contributed by atoms with Gasteiger partial charge in [0.15, 0.2) is 5.78 Å². The van der Waals surface area contributed by atoms with E-state index < -0.39 is 0 Å². The lowest BCUT2D eigenvalue weighted by molar-refractivity contribution is 0.103. The van der Waals surface area contributed by atoms with Gasteiger partial charge < -0.3 is 9.72 Å². The van der Waals surface area contributed by atoms with Crippen molar-refractivity contribution in [3.05, 3.63) is 64.3 Å². The summed E-state index contributed by atoms with van der Waals surface area (Å²) in [4.78, 5) is 15.8. The van der Waals surface area contributed by atoms with Crippen LogP contribution in [-0.2, 0) is 0 Å². The molecule has 2 aromatic carbocycles. The van der Waals surface area contributed by atoms with E-state index in [1.165, 1.54) is 0 Å². The van der Waals surface area contributed by atoms with Crippen molar-refractivity contribution in [1.29, 1.82) is 0 Å². The molecule has 0 saturated heterocycles. The average molecular weight is 330 g/mol. The first-order valence-corrected chi connectivity index (χ1v) is 6.95. The number of rotatable bonds is 3. The zero-order valence-electron chi connectivity index (χ0n) is 10.8. The van der Waals surface area contributed by atoms with Gasteiger partial charge in [0.1, 0.15) is 5.75 Å². The highest BCUT2D eigenvalue weighted by atomic mass is 79.9. The van der Waals surface area contributed by atoms with Crippen molar-refractivity contribution in [3.63, 3.8) is 0 Å². The van der Waals surface area contributed by atoms with Crippen molar-refractivity contribution in [2.45, 2.75) is 0 Å². The Hall–Kier alpha value is -2.07. The smallest absolute Gasteiger partial charge is 0.196 e. The predicted octanol–water partition coefficient (Wildman–Crippen LogP) is 4.17. The lowest BCUT2D eigenvalue weighted by atomic mass is 10.0. The molecule has 0 radical (unpaired) electrons.